The van der Waals surface area contributed by atoms with Gasteiger partial charge in [-0.15, -0.1) is 0 Å². The van der Waals surface area contributed by atoms with Crippen LogP contribution in [0.25, 0.3) is 0 Å². The van der Waals surface area contributed by atoms with Crippen LogP contribution in [0.2, 0.25) is 0 Å². The predicted molar refractivity (Wildman–Crippen MR) is 102 cm³/mol. The van der Waals surface area contributed by atoms with Crippen LogP contribution in [0.15, 0.2) is 46.9 Å². The SMILES string of the molecule is CC(C)Oc1ccc(Br)cc1C(=O)Nc1ccccc1C(=O)N(C)C. The summed E-state index contributed by atoms with van der Waals surface area (Å²) >= 11 is 3.38. The Morgan fingerprint density at radius 2 is 1.76 bits per heavy atom. The van der Waals surface area contributed by atoms with Crippen LogP contribution in [-0.2, 0) is 0 Å². The lowest BCUT2D eigenvalue weighted by molar-refractivity contribution is 0.0828. The summed E-state index contributed by atoms with van der Waals surface area (Å²) < 4.78 is 6.49. The second-order valence-electron chi connectivity index (χ2n) is 6.01. The lowest BCUT2D eigenvalue weighted by atomic mass is 10.1. The summed E-state index contributed by atoms with van der Waals surface area (Å²) in [5.74, 6) is -0.0214. The number of carbonyl (C=O) groups excluding carboxylic acids is 2. The van der Waals surface area contributed by atoms with Gasteiger partial charge in [-0.2, -0.15) is 0 Å². The molecule has 0 aliphatic rings. The standard InChI is InChI=1S/C19H21BrN2O3/c1-12(2)25-17-10-9-13(20)11-15(17)18(23)21-16-8-6-5-7-14(16)19(24)22(3)4/h5-12H,1-4H3,(H,21,23). The number of carbonyl (C=O) groups is 2. The molecular weight excluding hydrogens is 384 g/mol. The molecule has 0 fully saturated rings. The van der Waals surface area contributed by atoms with Crippen molar-refractivity contribution in [2.45, 2.75) is 20.0 Å². The Morgan fingerprint density at radius 3 is 2.40 bits per heavy atom. The topological polar surface area (TPSA) is 58.6 Å². The van der Waals surface area contributed by atoms with E-state index in [1.54, 1.807) is 50.5 Å². The number of para-hydroxylation sites is 1. The predicted octanol–water partition coefficient (Wildman–Crippen LogP) is 4.19. The number of benzene rings is 2. The zero-order valence-electron chi connectivity index (χ0n) is 14.7. The van der Waals surface area contributed by atoms with Crippen LogP contribution in [-0.4, -0.2) is 36.9 Å². The van der Waals surface area contributed by atoms with Crippen molar-refractivity contribution >= 4 is 33.4 Å². The van der Waals surface area contributed by atoms with Crippen LogP contribution in [0.4, 0.5) is 5.69 Å². The number of nitrogens with one attached hydrogen (secondary N) is 1. The fourth-order valence-electron chi connectivity index (χ4n) is 2.25. The zero-order valence-corrected chi connectivity index (χ0v) is 16.3. The van der Waals surface area contributed by atoms with Crippen LogP contribution in [0.5, 0.6) is 5.75 Å². The Labute approximate surface area is 156 Å². The van der Waals surface area contributed by atoms with Crippen molar-refractivity contribution in [3.05, 3.63) is 58.1 Å². The Balaban J connectivity index is 2.35. The number of rotatable bonds is 5. The van der Waals surface area contributed by atoms with Crippen molar-refractivity contribution in [2.24, 2.45) is 0 Å². The molecule has 0 bridgehead atoms. The van der Waals surface area contributed by atoms with Gasteiger partial charge in [0.1, 0.15) is 5.75 Å². The van der Waals surface area contributed by atoms with Gasteiger partial charge in [0.2, 0.25) is 0 Å². The average molecular weight is 405 g/mol. The number of anilines is 1. The van der Waals surface area contributed by atoms with Crippen molar-refractivity contribution in [1.29, 1.82) is 0 Å². The number of hydrogen-bond donors (Lipinski definition) is 1. The highest BCUT2D eigenvalue weighted by Crippen LogP contribution is 2.26. The highest BCUT2D eigenvalue weighted by atomic mass is 79.9. The van der Waals surface area contributed by atoms with E-state index in [1.165, 1.54) is 4.90 Å². The van der Waals surface area contributed by atoms with Crippen molar-refractivity contribution in [2.75, 3.05) is 19.4 Å². The van der Waals surface area contributed by atoms with E-state index in [4.69, 9.17) is 4.74 Å². The Kier molecular flexibility index (Phi) is 6.20. The quantitative estimate of drug-likeness (QED) is 0.812. The van der Waals surface area contributed by atoms with Crippen molar-refractivity contribution in [1.82, 2.24) is 4.90 Å². The molecule has 0 radical (unpaired) electrons. The van der Waals surface area contributed by atoms with Gasteiger partial charge in [-0.1, -0.05) is 28.1 Å². The van der Waals surface area contributed by atoms with Gasteiger partial charge in [0.05, 0.1) is 22.9 Å². The smallest absolute Gasteiger partial charge is 0.259 e. The van der Waals surface area contributed by atoms with Crippen LogP contribution < -0.4 is 10.1 Å². The first kappa shape index (κ1) is 19.0. The first-order valence-electron chi connectivity index (χ1n) is 7.88. The highest BCUT2D eigenvalue weighted by molar-refractivity contribution is 9.10. The molecule has 0 aliphatic carbocycles. The van der Waals surface area contributed by atoms with Crippen LogP contribution in [0.1, 0.15) is 34.6 Å². The third kappa shape index (κ3) is 4.82. The van der Waals surface area contributed by atoms with Crippen LogP contribution in [0.3, 0.4) is 0 Å². The molecule has 0 saturated heterocycles. The monoisotopic (exact) mass is 404 g/mol. The molecule has 0 aromatic heterocycles. The number of nitrogens with zero attached hydrogens (tertiary/aromatic N) is 1. The Bertz CT molecular complexity index is 788. The average Bonchev–Trinajstić information content (AvgIpc) is 2.55. The van der Waals surface area contributed by atoms with E-state index in [0.29, 0.717) is 22.6 Å². The molecule has 5 nitrogen and oxygen atoms in total. The summed E-state index contributed by atoms with van der Waals surface area (Å²) in [7, 11) is 3.34. The molecule has 132 valence electrons. The van der Waals surface area contributed by atoms with Gasteiger partial charge < -0.3 is 15.0 Å². The lowest BCUT2D eigenvalue weighted by Gasteiger charge is -2.17. The van der Waals surface area contributed by atoms with E-state index in [2.05, 4.69) is 21.2 Å². The second kappa shape index (κ2) is 8.16. The van der Waals surface area contributed by atoms with Crippen molar-refractivity contribution in [3.63, 3.8) is 0 Å². The molecule has 2 amide bonds. The molecule has 2 aromatic rings. The number of hydrogen-bond acceptors (Lipinski definition) is 3. The molecule has 1 N–H and O–H groups in total. The summed E-state index contributed by atoms with van der Waals surface area (Å²) in [4.78, 5) is 26.5. The first-order valence-corrected chi connectivity index (χ1v) is 8.67. The van der Waals surface area contributed by atoms with Gasteiger partial charge >= 0.3 is 0 Å². The largest absolute Gasteiger partial charge is 0.490 e. The minimum absolute atomic E-state index is 0.0599. The summed E-state index contributed by atoms with van der Waals surface area (Å²) in [6, 6.07) is 12.2. The van der Waals surface area contributed by atoms with Gasteiger partial charge in [0, 0.05) is 18.6 Å². The van der Waals surface area contributed by atoms with E-state index in [-0.39, 0.29) is 17.9 Å². The third-order valence-electron chi connectivity index (χ3n) is 3.36. The fourth-order valence-corrected chi connectivity index (χ4v) is 2.61. The maximum absolute atomic E-state index is 12.8. The van der Waals surface area contributed by atoms with Crippen molar-refractivity contribution in [3.8, 4) is 5.75 Å². The normalized spacial score (nSPS) is 10.5. The van der Waals surface area contributed by atoms with Crippen LogP contribution >= 0.6 is 15.9 Å². The highest BCUT2D eigenvalue weighted by Gasteiger charge is 2.18. The van der Waals surface area contributed by atoms with Gasteiger partial charge in [-0.3, -0.25) is 9.59 Å². The van der Waals surface area contributed by atoms with Gasteiger partial charge in [0.15, 0.2) is 0 Å². The zero-order chi connectivity index (χ0) is 18.6. The molecule has 0 saturated carbocycles. The van der Waals surface area contributed by atoms with E-state index in [9.17, 15) is 9.59 Å². The Hall–Kier alpha value is -2.34. The third-order valence-corrected chi connectivity index (χ3v) is 3.85. The van der Waals surface area contributed by atoms with E-state index < -0.39 is 0 Å². The summed E-state index contributed by atoms with van der Waals surface area (Å²) in [5.41, 5.74) is 1.29. The van der Waals surface area contributed by atoms with E-state index >= 15 is 0 Å². The number of amides is 2. The van der Waals surface area contributed by atoms with Gasteiger partial charge in [-0.25, -0.2) is 0 Å². The molecule has 0 aliphatic heterocycles. The van der Waals surface area contributed by atoms with E-state index in [1.807, 2.05) is 19.9 Å². The molecule has 2 aromatic carbocycles. The minimum atomic E-state index is -0.337. The van der Waals surface area contributed by atoms with Gasteiger partial charge in [-0.05, 0) is 44.2 Å². The molecule has 6 heteroatoms. The molecule has 0 heterocycles. The van der Waals surface area contributed by atoms with E-state index in [0.717, 1.165) is 4.47 Å². The summed E-state index contributed by atoms with van der Waals surface area (Å²) in [6.07, 6.45) is -0.0599. The summed E-state index contributed by atoms with van der Waals surface area (Å²) in [5, 5.41) is 2.82. The molecule has 2 rings (SSSR count). The molecule has 25 heavy (non-hydrogen) atoms. The fraction of sp³-hybridized carbons (Fsp3) is 0.263. The summed E-state index contributed by atoms with van der Waals surface area (Å²) in [6.45, 7) is 3.80. The lowest BCUT2D eigenvalue weighted by Crippen LogP contribution is -2.24. The second-order valence-corrected chi connectivity index (χ2v) is 6.92. The first-order chi connectivity index (χ1) is 11.8. The molecule has 0 spiro atoms. The van der Waals surface area contributed by atoms with Crippen molar-refractivity contribution < 1.29 is 14.3 Å². The minimum Gasteiger partial charge on any atom is -0.490 e. The molecular formula is C19H21BrN2O3. The number of halogens is 1. The Morgan fingerprint density at radius 1 is 1.08 bits per heavy atom. The van der Waals surface area contributed by atoms with Crippen LogP contribution in [0, 0.1) is 0 Å². The molecule has 0 unspecified atom stereocenters. The molecule has 0 atom stereocenters. The maximum atomic E-state index is 12.8. The van der Waals surface area contributed by atoms with Gasteiger partial charge in [0.25, 0.3) is 11.8 Å². The number of ether oxygens (including phenoxy) is 1. The maximum Gasteiger partial charge on any atom is 0.259 e.